The first kappa shape index (κ1) is 16.9. The van der Waals surface area contributed by atoms with E-state index in [2.05, 4.69) is 9.88 Å². The van der Waals surface area contributed by atoms with Crippen LogP contribution in [0.3, 0.4) is 0 Å². The maximum Gasteiger partial charge on any atom is 0.289 e. The predicted octanol–water partition coefficient (Wildman–Crippen LogP) is -0.542. The third-order valence-electron chi connectivity index (χ3n) is 4.96. The molecule has 0 aromatic carbocycles. The topological polar surface area (TPSA) is 93.7 Å². The quantitative estimate of drug-likeness (QED) is 0.800. The molecule has 24 heavy (non-hydrogen) atoms. The molecule has 1 aromatic heterocycles. The van der Waals surface area contributed by atoms with Crippen molar-refractivity contribution in [3.05, 3.63) is 18.2 Å². The van der Waals surface area contributed by atoms with Crippen molar-refractivity contribution in [1.82, 2.24) is 19.4 Å². The smallest absolute Gasteiger partial charge is 0.289 e. The molecule has 1 aromatic rings. The summed E-state index contributed by atoms with van der Waals surface area (Å²) in [5, 5.41) is 0. The van der Waals surface area contributed by atoms with E-state index in [-0.39, 0.29) is 17.7 Å². The lowest BCUT2D eigenvalue weighted by Gasteiger charge is -2.34. The summed E-state index contributed by atoms with van der Waals surface area (Å²) < 4.78 is 7.12. The number of primary amides is 1. The first-order valence-corrected chi connectivity index (χ1v) is 8.44. The number of aromatic nitrogens is 2. The summed E-state index contributed by atoms with van der Waals surface area (Å²) in [6.45, 7) is 3.76. The fraction of sp³-hybridized carbons (Fsp3) is 0.688. The molecule has 132 valence electrons. The van der Waals surface area contributed by atoms with Crippen LogP contribution in [0.1, 0.15) is 23.5 Å². The Bertz CT molecular complexity index is 596. The zero-order valence-corrected chi connectivity index (χ0v) is 14.1. The molecule has 0 aliphatic carbocycles. The molecule has 8 nitrogen and oxygen atoms in total. The Hall–Kier alpha value is -1.93. The summed E-state index contributed by atoms with van der Waals surface area (Å²) in [6, 6.07) is 0.392. The van der Waals surface area contributed by atoms with Crippen LogP contribution in [0.25, 0.3) is 0 Å². The second kappa shape index (κ2) is 7.31. The van der Waals surface area contributed by atoms with Gasteiger partial charge in [0.05, 0.1) is 5.92 Å². The zero-order valence-electron chi connectivity index (χ0n) is 14.1. The lowest BCUT2D eigenvalue weighted by atomic mass is 10.0. The van der Waals surface area contributed by atoms with Crippen LogP contribution < -0.4 is 5.73 Å². The predicted molar refractivity (Wildman–Crippen MR) is 87.2 cm³/mol. The molecule has 2 fully saturated rings. The largest absolute Gasteiger partial charge is 0.381 e. The Kier molecular flexibility index (Phi) is 5.15. The van der Waals surface area contributed by atoms with Gasteiger partial charge in [0.1, 0.15) is 0 Å². The van der Waals surface area contributed by atoms with E-state index in [9.17, 15) is 9.59 Å². The van der Waals surface area contributed by atoms with E-state index >= 15 is 0 Å². The van der Waals surface area contributed by atoms with Gasteiger partial charge in [-0.25, -0.2) is 4.98 Å². The summed E-state index contributed by atoms with van der Waals surface area (Å²) in [4.78, 5) is 32.7. The molecule has 0 unspecified atom stereocenters. The molecule has 0 spiro atoms. The number of aryl methyl sites for hydroxylation is 1. The summed E-state index contributed by atoms with van der Waals surface area (Å²) in [7, 11) is 1.79. The molecule has 0 saturated carbocycles. The molecular formula is C16H25N5O3. The molecule has 2 aliphatic heterocycles. The van der Waals surface area contributed by atoms with Gasteiger partial charge >= 0.3 is 0 Å². The number of amides is 2. The lowest BCUT2D eigenvalue weighted by molar-refractivity contribution is -0.122. The summed E-state index contributed by atoms with van der Waals surface area (Å²) >= 11 is 0. The second-order valence-corrected chi connectivity index (χ2v) is 6.55. The minimum absolute atomic E-state index is 0.150. The standard InChI is InChI=1S/C16H25N5O3/c1-19-5-4-18-15(19)16(23)21-7-6-20(10-12(11-21)14(17)22)13-2-8-24-9-3-13/h4-5,12-13H,2-3,6-11H2,1H3,(H2,17,22)/t12-/m0/s1. The molecular weight excluding hydrogens is 310 g/mol. The summed E-state index contributed by atoms with van der Waals surface area (Å²) in [5.41, 5.74) is 5.59. The Labute approximate surface area is 141 Å². The molecule has 3 heterocycles. The molecule has 2 aliphatic rings. The number of nitrogens with two attached hydrogens (primary N) is 1. The fourth-order valence-corrected chi connectivity index (χ4v) is 3.50. The van der Waals surface area contributed by atoms with Crippen LogP contribution in [0.2, 0.25) is 0 Å². The van der Waals surface area contributed by atoms with Crippen LogP contribution in [0.4, 0.5) is 0 Å². The van der Waals surface area contributed by atoms with Crippen LogP contribution in [0.5, 0.6) is 0 Å². The SMILES string of the molecule is Cn1ccnc1C(=O)N1CCN(C2CCOCC2)C[C@H](C(N)=O)C1. The van der Waals surface area contributed by atoms with Gasteiger partial charge in [-0.1, -0.05) is 0 Å². The van der Waals surface area contributed by atoms with Crippen LogP contribution in [0.15, 0.2) is 12.4 Å². The maximum atomic E-state index is 12.7. The van der Waals surface area contributed by atoms with Crippen molar-refractivity contribution in [3.8, 4) is 0 Å². The van der Waals surface area contributed by atoms with Crippen molar-refractivity contribution in [3.63, 3.8) is 0 Å². The van der Waals surface area contributed by atoms with Crippen molar-refractivity contribution >= 4 is 11.8 Å². The first-order valence-electron chi connectivity index (χ1n) is 8.44. The monoisotopic (exact) mass is 335 g/mol. The molecule has 0 bridgehead atoms. The van der Waals surface area contributed by atoms with Crippen molar-refractivity contribution in [2.45, 2.75) is 18.9 Å². The van der Waals surface area contributed by atoms with E-state index in [1.54, 1.807) is 28.9 Å². The van der Waals surface area contributed by atoms with Gasteiger partial charge in [0.25, 0.3) is 5.91 Å². The minimum atomic E-state index is -0.362. The Morgan fingerprint density at radius 2 is 2.00 bits per heavy atom. The van der Waals surface area contributed by atoms with E-state index < -0.39 is 0 Å². The van der Waals surface area contributed by atoms with Crippen LogP contribution >= 0.6 is 0 Å². The number of hydrogen-bond acceptors (Lipinski definition) is 5. The van der Waals surface area contributed by atoms with Gasteiger partial charge in [0, 0.05) is 64.9 Å². The normalized spacial score (nSPS) is 23.9. The van der Waals surface area contributed by atoms with Gasteiger partial charge in [0.15, 0.2) is 5.82 Å². The molecule has 2 N–H and O–H groups in total. The molecule has 2 amide bonds. The van der Waals surface area contributed by atoms with Gasteiger partial charge in [-0.3, -0.25) is 14.5 Å². The van der Waals surface area contributed by atoms with Crippen molar-refractivity contribution < 1.29 is 14.3 Å². The fourth-order valence-electron chi connectivity index (χ4n) is 3.50. The van der Waals surface area contributed by atoms with Crippen molar-refractivity contribution in [2.24, 2.45) is 18.7 Å². The average Bonchev–Trinajstić information content (AvgIpc) is 2.88. The van der Waals surface area contributed by atoms with Crippen molar-refractivity contribution in [2.75, 3.05) is 39.4 Å². The van der Waals surface area contributed by atoms with E-state index in [4.69, 9.17) is 10.5 Å². The van der Waals surface area contributed by atoms with Crippen molar-refractivity contribution in [1.29, 1.82) is 0 Å². The average molecular weight is 335 g/mol. The molecule has 1 atom stereocenters. The van der Waals surface area contributed by atoms with E-state index in [1.165, 1.54) is 0 Å². The number of carbonyl (C=O) groups is 2. The third kappa shape index (κ3) is 3.59. The van der Waals surface area contributed by atoms with Gasteiger partial charge in [0.2, 0.25) is 5.91 Å². The number of hydrogen-bond donors (Lipinski definition) is 1. The van der Waals surface area contributed by atoms with E-state index in [1.807, 2.05) is 0 Å². The number of nitrogens with zero attached hydrogens (tertiary/aromatic N) is 4. The number of ether oxygens (including phenoxy) is 1. The van der Waals surface area contributed by atoms with Gasteiger partial charge in [-0.2, -0.15) is 0 Å². The third-order valence-corrected chi connectivity index (χ3v) is 4.96. The molecule has 8 heteroatoms. The van der Waals surface area contributed by atoms with Crippen LogP contribution in [-0.4, -0.2) is 76.6 Å². The van der Waals surface area contributed by atoms with Gasteiger partial charge in [-0.05, 0) is 12.8 Å². The second-order valence-electron chi connectivity index (χ2n) is 6.55. The maximum absolute atomic E-state index is 12.7. The van der Waals surface area contributed by atoms with Crippen LogP contribution in [-0.2, 0) is 16.6 Å². The highest BCUT2D eigenvalue weighted by Crippen LogP contribution is 2.20. The van der Waals surface area contributed by atoms with Crippen LogP contribution in [0, 0.1) is 5.92 Å². The molecule has 0 radical (unpaired) electrons. The summed E-state index contributed by atoms with van der Waals surface area (Å²) in [6.07, 6.45) is 5.26. The number of carbonyl (C=O) groups excluding carboxylic acids is 2. The first-order chi connectivity index (χ1) is 11.6. The zero-order chi connectivity index (χ0) is 17.1. The number of rotatable bonds is 3. The minimum Gasteiger partial charge on any atom is -0.381 e. The highest BCUT2D eigenvalue weighted by Gasteiger charge is 2.33. The Morgan fingerprint density at radius 3 is 2.62 bits per heavy atom. The Morgan fingerprint density at radius 1 is 1.25 bits per heavy atom. The van der Waals surface area contributed by atoms with Gasteiger partial charge < -0.3 is 19.9 Å². The van der Waals surface area contributed by atoms with Gasteiger partial charge in [-0.15, -0.1) is 0 Å². The molecule has 3 rings (SSSR count). The highest BCUT2D eigenvalue weighted by atomic mass is 16.5. The Balaban J connectivity index is 1.74. The highest BCUT2D eigenvalue weighted by molar-refractivity contribution is 5.91. The molecule has 2 saturated heterocycles. The lowest BCUT2D eigenvalue weighted by Crippen LogP contribution is -2.44. The summed E-state index contributed by atoms with van der Waals surface area (Å²) in [5.74, 6) is -0.480. The van der Waals surface area contributed by atoms with E-state index in [0.29, 0.717) is 31.5 Å². The number of imidazole rings is 1. The van der Waals surface area contributed by atoms with E-state index in [0.717, 1.165) is 32.6 Å².